The van der Waals surface area contributed by atoms with Gasteiger partial charge in [-0.05, 0) is 25.2 Å². The summed E-state index contributed by atoms with van der Waals surface area (Å²) in [6.45, 7) is 0.796. The fourth-order valence-electron chi connectivity index (χ4n) is 2.58. The fourth-order valence-corrected chi connectivity index (χ4v) is 2.58. The number of carboxylic acids is 1. The molecule has 8 nitrogen and oxygen atoms in total. The molecule has 0 spiro atoms. The Kier molecular flexibility index (Phi) is 5.55. The number of hydrogen-bond donors (Lipinski definition) is 2. The third-order valence-electron chi connectivity index (χ3n) is 3.69. The minimum atomic E-state index is -1.02. The van der Waals surface area contributed by atoms with Crippen molar-refractivity contribution in [2.75, 3.05) is 13.7 Å². The van der Waals surface area contributed by atoms with Gasteiger partial charge in [0.25, 0.3) is 0 Å². The first-order chi connectivity index (χ1) is 12.6. The van der Waals surface area contributed by atoms with Crippen LogP contribution < -0.4 is 4.74 Å². The number of nitrogens with zero attached hydrogens (tertiary/aromatic N) is 4. The molecule has 2 heterocycles. The Labute approximate surface area is 150 Å². The van der Waals surface area contributed by atoms with E-state index in [-0.39, 0.29) is 6.61 Å². The maximum absolute atomic E-state index is 10.8. The third kappa shape index (κ3) is 4.64. The second kappa shape index (κ2) is 8.21. The first-order valence-corrected chi connectivity index (χ1v) is 8.02. The lowest BCUT2D eigenvalue weighted by atomic mass is 10.1. The van der Waals surface area contributed by atoms with Crippen LogP contribution in [0.4, 0.5) is 0 Å². The van der Waals surface area contributed by atoms with Gasteiger partial charge < -0.3 is 14.8 Å². The highest BCUT2D eigenvalue weighted by atomic mass is 16.5. The third-order valence-corrected chi connectivity index (χ3v) is 3.69. The molecule has 0 aliphatic heterocycles. The SMILES string of the molecule is CN(Cc1ncc[nH]1)Cc1cc(-c2cnccn2)ccc1OCC(=O)O. The molecule has 0 saturated carbocycles. The van der Waals surface area contributed by atoms with Gasteiger partial charge in [0.1, 0.15) is 11.6 Å². The number of nitrogens with one attached hydrogen (secondary N) is 1. The Morgan fingerprint density at radius 3 is 2.81 bits per heavy atom. The molecule has 0 saturated heterocycles. The molecule has 26 heavy (non-hydrogen) atoms. The molecule has 0 unspecified atom stereocenters. The molecule has 0 aliphatic rings. The Morgan fingerprint density at radius 2 is 2.12 bits per heavy atom. The highest BCUT2D eigenvalue weighted by Crippen LogP contribution is 2.26. The predicted octanol–water partition coefficient (Wildman–Crippen LogP) is 1.96. The summed E-state index contributed by atoms with van der Waals surface area (Å²) in [6, 6.07) is 5.56. The van der Waals surface area contributed by atoms with Crippen LogP contribution in [0, 0.1) is 0 Å². The predicted molar refractivity (Wildman–Crippen MR) is 94.4 cm³/mol. The average Bonchev–Trinajstić information content (AvgIpc) is 3.14. The first kappa shape index (κ1) is 17.6. The molecular weight excluding hydrogens is 334 g/mol. The molecule has 2 aromatic heterocycles. The van der Waals surface area contributed by atoms with Crippen molar-refractivity contribution in [2.24, 2.45) is 0 Å². The molecule has 0 aliphatic carbocycles. The van der Waals surface area contributed by atoms with Gasteiger partial charge in [0, 0.05) is 42.5 Å². The summed E-state index contributed by atoms with van der Waals surface area (Å²) in [7, 11) is 1.96. The van der Waals surface area contributed by atoms with E-state index >= 15 is 0 Å². The van der Waals surface area contributed by atoms with E-state index < -0.39 is 5.97 Å². The van der Waals surface area contributed by atoms with E-state index in [1.807, 2.05) is 19.2 Å². The summed E-state index contributed by atoms with van der Waals surface area (Å²) in [5.74, 6) is 0.370. The number of aromatic amines is 1. The largest absolute Gasteiger partial charge is 0.482 e. The van der Waals surface area contributed by atoms with Crippen molar-refractivity contribution in [3.8, 4) is 17.0 Å². The van der Waals surface area contributed by atoms with Crippen molar-refractivity contribution in [2.45, 2.75) is 13.1 Å². The summed E-state index contributed by atoms with van der Waals surface area (Å²) in [6.07, 6.45) is 8.42. The van der Waals surface area contributed by atoms with Gasteiger partial charge in [-0.15, -0.1) is 0 Å². The number of benzene rings is 1. The van der Waals surface area contributed by atoms with E-state index in [0.717, 1.165) is 22.6 Å². The lowest BCUT2D eigenvalue weighted by Crippen LogP contribution is -2.19. The Morgan fingerprint density at radius 1 is 1.23 bits per heavy atom. The zero-order chi connectivity index (χ0) is 18.4. The van der Waals surface area contributed by atoms with Crippen LogP contribution in [0.1, 0.15) is 11.4 Å². The van der Waals surface area contributed by atoms with Crippen molar-refractivity contribution < 1.29 is 14.6 Å². The van der Waals surface area contributed by atoms with Crippen LogP contribution in [0.25, 0.3) is 11.3 Å². The number of carboxylic acid groups (broad SMARTS) is 1. The van der Waals surface area contributed by atoms with Crippen molar-refractivity contribution in [1.82, 2.24) is 24.8 Å². The second-order valence-corrected chi connectivity index (χ2v) is 5.80. The normalized spacial score (nSPS) is 10.8. The second-order valence-electron chi connectivity index (χ2n) is 5.80. The summed E-state index contributed by atoms with van der Waals surface area (Å²) < 4.78 is 5.44. The van der Waals surface area contributed by atoms with Crippen molar-refractivity contribution in [3.05, 3.63) is 60.6 Å². The monoisotopic (exact) mass is 353 g/mol. The maximum Gasteiger partial charge on any atom is 0.341 e. The number of hydrogen-bond acceptors (Lipinski definition) is 6. The number of imidazole rings is 1. The molecule has 0 amide bonds. The first-order valence-electron chi connectivity index (χ1n) is 8.02. The van der Waals surface area contributed by atoms with Crippen molar-refractivity contribution in [3.63, 3.8) is 0 Å². The average molecular weight is 353 g/mol. The highest BCUT2D eigenvalue weighted by molar-refractivity contribution is 5.69. The van der Waals surface area contributed by atoms with Crippen LogP contribution in [-0.2, 0) is 17.9 Å². The smallest absolute Gasteiger partial charge is 0.341 e. The van der Waals surface area contributed by atoms with E-state index in [9.17, 15) is 4.79 Å². The molecule has 8 heteroatoms. The molecule has 2 N–H and O–H groups in total. The molecule has 3 rings (SSSR count). The van der Waals surface area contributed by atoms with Crippen molar-refractivity contribution in [1.29, 1.82) is 0 Å². The summed E-state index contributed by atoms with van der Waals surface area (Å²) in [4.78, 5) is 28.6. The fraction of sp³-hybridized carbons (Fsp3) is 0.222. The van der Waals surface area contributed by atoms with Gasteiger partial charge in [-0.2, -0.15) is 0 Å². The minimum absolute atomic E-state index is 0.389. The van der Waals surface area contributed by atoms with Crippen LogP contribution in [0.2, 0.25) is 0 Å². The number of H-pyrrole nitrogens is 1. The number of aromatic nitrogens is 4. The molecule has 3 aromatic rings. The number of carbonyl (C=O) groups is 1. The van der Waals surface area contributed by atoms with Gasteiger partial charge in [-0.3, -0.25) is 14.9 Å². The van der Waals surface area contributed by atoms with Crippen LogP contribution in [-0.4, -0.2) is 49.6 Å². The number of rotatable bonds is 8. The molecule has 0 bridgehead atoms. The molecule has 134 valence electrons. The molecule has 0 atom stereocenters. The van der Waals surface area contributed by atoms with Gasteiger partial charge in [-0.1, -0.05) is 0 Å². The summed E-state index contributed by atoms with van der Waals surface area (Å²) in [5, 5.41) is 8.89. The zero-order valence-electron chi connectivity index (χ0n) is 14.3. The van der Waals surface area contributed by atoms with Gasteiger partial charge in [0.2, 0.25) is 0 Å². The Balaban J connectivity index is 1.83. The molecule has 0 radical (unpaired) electrons. The van der Waals surface area contributed by atoms with Gasteiger partial charge in [-0.25, -0.2) is 9.78 Å². The maximum atomic E-state index is 10.8. The van der Waals surface area contributed by atoms with E-state index in [0.29, 0.717) is 18.8 Å². The van der Waals surface area contributed by atoms with Crippen LogP contribution in [0.3, 0.4) is 0 Å². The standard InChI is InChI=1S/C18H19N5O3/c1-23(11-17-21-6-7-22-17)10-14-8-13(15-9-19-4-5-20-15)2-3-16(14)26-12-18(24)25/h2-9H,10-12H2,1H3,(H,21,22)(H,24,25). The number of aliphatic carboxylic acids is 1. The topological polar surface area (TPSA) is 104 Å². The molecule has 0 fully saturated rings. The minimum Gasteiger partial charge on any atom is -0.482 e. The van der Waals surface area contributed by atoms with Gasteiger partial charge in [0.05, 0.1) is 18.4 Å². The number of ether oxygens (including phenoxy) is 1. The lowest BCUT2D eigenvalue weighted by molar-refractivity contribution is -0.139. The van der Waals surface area contributed by atoms with Crippen molar-refractivity contribution >= 4 is 5.97 Å². The van der Waals surface area contributed by atoms with E-state index in [1.54, 1.807) is 37.1 Å². The van der Waals surface area contributed by atoms with Crippen LogP contribution >= 0.6 is 0 Å². The summed E-state index contributed by atoms with van der Waals surface area (Å²) >= 11 is 0. The quantitative estimate of drug-likeness (QED) is 0.638. The van der Waals surface area contributed by atoms with Crippen LogP contribution in [0.5, 0.6) is 5.75 Å². The Bertz CT molecular complexity index is 853. The summed E-state index contributed by atoms with van der Waals surface area (Å²) in [5.41, 5.74) is 2.50. The van der Waals surface area contributed by atoms with E-state index in [1.165, 1.54) is 0 Å². The molecular formula is C18H19N5O3. The van der Waals surface area contributed by atoms with E-state index in [4.69, 9.17) is 9.84 Å². The zero-order valence-corrected chi connectivity index (χ0v) is 14.3. The van der Waals surface area contributed by atoms with Gasteiger partial charge in [0.15, 0.2) is 6.61 Å². The Hall–Kier alpha value is -3.26. The van der Waals surface area contributed by atoms with E-state index in [2.05, 4.69) is 24.8 Å². The lowest BCUT2D eigenvalue weighted by Gasteiger charge is -2.18. The van der Waals surface area contributed by atoms with Crippen LogP contribution in [0.15, 0.2) is 49.2 Å². The highest BCUT2D eigenvalue weighted by Gasteiger charge is 2.12. The molecule has 1 aromatic carbocycles. The van der Waals surface area contributed by atoms with Gasteiger partial charge >= 0.3 is 5.97 Å².